The number of halogens is 1. The fourth-order valence-electron chi connectivity index (χ4n) is 3.14. The van der Waals surface area contributed by atoms with Gasteiger partial charge in [-0.25, -0.2) is 4.68 Å². The minimum absolute atomic E-state index is 0. The third kappa shape index (κ3) is 3.22. The molecule has 5 nitrogen and oxygen atoms in total. The van der Waals surface area contributed by atoms with E-state index in [2.05, 4.69) is 10.1 Å². The SMILES string of the molecule is Cl.[C]c1cc(-c2c(OC)cccc2OC)n(-c2cccc3cnccc23)n1. The van der Waals surface area contributed by atoms with Gasteiger partial charge in [-0.15, -0.1) is 12.4 Å². The molecule has 2 heterocycles. The molecule has 0 aliphatic carbocycles. The Balaban J connectivity index is 0.00000210. The summed E-state index contributed by atoms with van der Waals surface area (Å²) < 4.78 is 12.8. The van der Waals surface area contributed by atoms with Gasteiger partial charge in [0.1, 0.15) is 11.5 Å². The zero-order valence-corrected chi connectivity index (χ0v) is 15.7. The molecule has 0 spiro atoms. The summed E-state index contributed by atoms with van der Waals surface area (Å²) in [6.45, 7) is 8.09. The van der Waals surface area contributed by atoms with E-state index >= 15 is 0 Å². The predicted molar refractivity (Wildman–Crippen MR) is 107 cm³/mol. The van der Waals surface area contributed by atoms with E-state index in [0.717, 1.165) is 27.7 Å². The molecule has 3 radical (unpaired) electrons. The highest BCUT2D eigenvalue weighted by Crippen LogP contribution is 2.40. The minimum Gasteiger partial charge on any atom is -0.496 e. The number of benzene rings is 2. The number of hydrogen-bond acceptors (Lipinski definition) is 4. The molecule has 0 N–H and O–H groups in total. The number of fused-ring (bicyclic) bond motifs is 1. The van der Waals surface area contributed by atoms with Crippen LogP contribution in [0.15, 0.2) is 60.9 Å². The molecule has 0 amide bonds. The molecule has 2 aromatic carbocycles. The van der Waals surface area contributed by atoms with Crippen LogP contribution in [0.1, 0.15) is 5.69 Å². The molecule has 135 valence electrons. The Hall–Kier alpha value is -3.05. The van der Waals surface area contributed by atoms with Gasteiger partial charge >= 0.3 is 0 Å². The first-order valence-electron chi connectivity index (χ1n) is 8.09. The first-order chi connectivity index (χ1) is 12.7. The standard InChI is InChI=1S/C21H16N3O2.ClH/c1-14-12-18(21-19(25-2)8-5-9-20(21)26-3)24(23-14)17-7-4-6-15-13-22-11-10-16(15)17;/h4-13H,2-3H3;1H. The first-order valence-corrected chi connectivity index (χ1v) is 8.09. The van der Waals surface area contributed by atoms with E-state index in [1.54, 1.807) is 31.2 Å². The summed E-state index contributed by atoms with van der Waals surface area (Å²) in [5.74, 6) is 1.32. The van der Waals surface area contributed by atoms with Crippen molar-refractivity contribution in [3.05, 3.63) is 73.5 Å². The van der Waals surface area contributed by atoms with Crippen molar-refractivity contribution in [2.24, 2.45) is 0 Å². The van der Waals surface area contributed by atoms with Gasteiger partial charge in [-0.1, -0.05) is 18.2 Å². The molecule has 4 aromatic rings. The molecule has 4 rings (SSSR count). The van der Waals surface area contributed by atoms with Crippen LogP contribution in [0, 0.1) is 6.92 Å². The Bertz CT molecular complexity index is 1060. The summed E-state index contributed by atoms with van der Waals surface area (Å²) in [5, 5.41) is 6.42. The van der Waals surface area contributed by atoms with Crippen molar-refractivity contribution in [2.75, 3.05) is 14.2 Å². The average molecular weight is 379 g/mol. The maximum absolute atomic E-state index is 8.09. The van der Waals surface area contributed by atoms with Gasteiger partial charge in [0, 0.05) is 23.2 Å². The second-order valence-corrected chi connectivity index (χ2v) is 5.74. The molecule has 0 atom stereocenters. The van der Waals surface area contributed by atoms with Crippen LogP contribution in [0.4, 0.5) is 0 Å². The van der Waals surface area contributed by atoms with Gasteiger partial charge in [-0.05, 0) is 30.3 Å². The van der Waals surface area contributed by atoms with Crippen molar-refractivity contribution in [3.63, 3.8) is 0 Å². The normalized spacial score (nSPS) is 10.5. The molecule has 27 heavy (non-hydrogen) atoms. The molecular weight excluding hydrogens is 362 g/mol. The lowest BCUT2D eigenvalue weighted by molar-refractivity contribution is 0.397. The zero-order valence-electron chi connectivity index (χ0n) is 14.8. The van der Waals surface area contributed by atoms with Gasteiger partial charge in [0.2, 0.25) is 0 Å². The summed E-state index contributed by atoms with van der Waals surface area (Å²) in [4.78, 5) is 4.18. The van der Waals surface area contributed by atoms with E-state index in [-0.39, 0.29) is 18.1 Å². The van der Waals surface area contributed by atoms with Crippen molar-refractivity contribution in [1.82, 2.24) is 14.8 Å². The number of hydrogen-bond donors (Lipinski definition) is 0. The minimum atomic E-state index is 0. The number of nitrogens with zero attached hydrogens (tertiary/aromatic N) is 3. The number of pyridine rings is 1. The Morgan fingerprint density at radius 3 is 2.37 bits per heavy atom. The summed E-state index contributed by atoms with van der Waals surface area (Å²) in [6, 6.07) is 15.2. The Kier molecular flexibility index (Phi) is 5.33. The third-order valence-electron chi connectivity index (χ3n) is 4.28. The second kappa shape index (κ2) is 7.68. The number of aromatic nitrogens is 3. The molecule has 0 saturated heterocycles. The largest absolute Gasteiger partial charge is 0.496 e. The number of rotatable bonds is 4. The van der Waals surface area contributed by atoms with E-state index in [1.807, 2.05) is 48.7 Å². The fourth-order valence-corrected chi connectivity index (χ4v) is 3.14. The van der Waals surface area contributed by atoms with E-state index < -0.39 is 0 Å². The molecule has 0 aliphatic heterocycles. The molecule has 0 unspecified atom stereocenters. The second-order valence-electron chi connectivity index (χ2n) is 5.74. The summed E-state index contributed by atoms with van der Waals surface area (Å²) >= 11 is 0. The van der Waals surface area contributed by atoms with E-state index in [4.69, 9.17) is 16.4 Å². The van der Waals surface area contributed by atoms with Gasteiger partial charge in [0.15, 0.2) is 0 Å². The van der Waals surface area contributed by atoms with Gasteiger partial charge in [-0.2, -0.15) is 5.10 Å². The van der Waals surface area contributed by atoms with Crippen LogP contribution in [0.3, 0.4) is 0 Å². The molecule has 0 fully saturated rings. The third-order valence-corrected chi connectivity index (χ3v) is 4.28. The highest BCUT2D eigenvalue weighted by Gasteiger charge is 2.19. The summed E-state index contributed by atoms with van der Waals surface area (Å²) in [7, 11) is 3.23. The van der Waals surface area contributed by atoms with Gasteiger partial charge in [0.05, 0.1) is 43.8 Å². The molecule has 0 aliphatic rings. The molecule has 0 saturated carbocycles. The average Bonchev–Trinajstić information content (AvgIpc) is 3.07. The van der Waals surface area contributed by atoms with Gasteiger partial charge in [-0.3, -0.25) is 4.98 Å². The van der Waals surface area contributed by atoms with Crippen molar-refractivity contribution in [1.29, 1.82) is 0 Å². The molecule has 2 aromatic heterocycles. The first kappa shape index (κ1) is 18.7. The lowest BCUT2D eigenvalue weighted by atomic mass is 10.1. The fraction of sp³-hybridized carbons (Fsp3) is 0.0952. The van der Waals surface area contributed by atoms with Crippen LogP contribution >= 0.6 is 12.4 Å². The van der Waals surface area contributed by atoms with Gasteiger partial charge < -0.3 is 9.47 Å². The van der Waals surface area contributed by atoms with Crippen molar-refractivity contribution in [2.45, 2.75) is 0 Å². The maximum atomic E-state index is 8.09. The molecule has 6 heteroatoms. The predicted octanol–water partition coefficient (Wildman–Crippen LogP) is 4.46. The van der Waals surface area contributed by atoms with Crippen LogP contribution in [-0.2, 0) is 0 Å². The zero-order chi connectivity index (χ0) is 18.1. The number of ether oxygens (including phenoxy) is 2. The lowest BCUT2D eigenvalue weighted by Gasteiger charge is -2.15. The molecular formula is C21H17ClN3O2. The van der Waals surface area contributed by atoms with Crippen LogP contribution in [0.2, 0.25) is 0 Å². The van der Waals surface area contributed by atoms with Crippen LogP contribution < -0.4 is 9.47 Å². The van der Waals surface area contributed by atoms with E-state index in [1.165, 1.54) is 0 Å². The highest BCUT2D eigenvalue weighted by molar-refractivity contribution is 5.90. The topological polar surface area (TPSA) is 49.2 Å². The van der Waals surface area contributed by atoms with Gasteiger partial charge in [0.25, 0.3) is 0 Å². The highest BCUT2D eigenvalue weighted by atomic mass is 35.5. The summed E-state index contributed by atoms with van der Waals surface area (Å²) in [6.07, 6.45) is 3.56. The molecule has 0 bridgehead atoms. The number of methoxy groups -OCH3 is 2. The van der Waals surface area contributed by atoms with Crippen molar-refractivity contribution < 1.29 is 9.47 Å². The van der Waals surface area contributed by atoms with Crippen molar-refractivity contribution in [3.8, 4) is 28.4 Å². The van der Waals surface area contributed by atoms with Crippen LogP contribution in [-0.4, -0.2) is 29.0 Å². The van der Waals surface area contributed by atoms with Crippen LogP contribution in [0.5, 0.6) is 11.5 Å². The Morgan fingerprint density at radius 2 is 1.67 bits per heavy atom. The smallest absolute Gasteiger partial charge is 0.132 e. The quantitative estimate of drug-likeness (QED) is 0.526. The van der Waals surface area contributed by atoms with Crippen molar-refractivity contribution >= 4 is 23.2 Å². The van der Waals surface area contributed by atoms with Crippen LogP contribution in [0.25, 0.3) is 27.7 Å². The summed E-state index contributed by atoms with van der Waals surface area (Å²) in [5.41, 5.74) is 2.52. The Labute approximate surface area is 164 Å². The van der Waals surface area contributed by atoms with E-state index in [9.17, 15) is 0 Å². The monoisotopic (exact) mass is 378 g/mol. The van der Waals surface area contributed by atoms with E-state index in [0.29, 0.717) is 11.5 Å². The Morgan fingerprint density at radius 1 is 0.963 bits per heavy atom. The lowest BCUT2D eigenvalue weighted by Crippen LogP contribution is -2.02. The maximum Gasteiger partial charge on any atom is 0.132 e.